The molecular formula is C14H19N3O2S. The molecular weight excluding hydrogens is 274 g/mol. The first kappa shape index (κ1) is 14.6. The lowest BCUT2D eigenvalue weighted by Crippen LogP contribution is -2.15. The SMILES string of the molecule is CCn1ccc(NS(=O)(=O)c2cc(C)c(C)cc2C)n1. The Morgan fingerprint density at radius 1 is 1.15 bits per heavy atom. The molecule has 108 valence electrons. The van der Waals surface area contributed by atoms with Gasteiger partial charge in [-0.2, -0.15) is 5.10 Å². The molecule has 0 unspecified atom stereocenters. The van der Waals surface area contributed by atoms with Gasteiger partial charge in [-0.3, -0.25) is 9.40 Å². The number of hydrogen-bond acceptors (Lipinski definition) is 3. The average Bonchev–Trinajstić information content (AvgIpc) is 2.80. The van der Waals surface area contributed by atoms with E-state index in [1.54, 1.807) is 29.9 Å². The number of nitrogens with zero attached hydrogens (tertiary/aromatic N) is 2. The predicted octanol–water partition coefficient (Wildman–Crippen LogP) is 2.63. The minimum absolute atomic E-state index is 0.298. The normalized spacial score (nSPS) is 11.6. The van der Waals surface area contributed by atoms with Crippen LogP contribution < -0.4 is 4.72 Å². The summed E-state index contributed by atoms with van der Waals surface area (Å²) in [5.41, 5.74) is 2.77. The van der Waals surface area contributed by atoms with Crippen LogP contribution in [0.15, 0.2) is 29.3 Å². The van der Waals surface area contributed by atoms with Crippen molar-refractivity contribution in [3.05, 3.63) is 41.1 Å². The van der Waals surface area contributed by atoms with Gasteiger partial charge >= 0.3 is 0 Å². The molecule has 2 aromatic rings. The number of sulfonamides is 1. The van der Waals surface area contributed by atoms with Gasteiger partial charge in [-0.15, -0.1) is 0 Å². The highest BCUT2D eigenvalue weighted by molar-refractivity contribution is 7.92. The van der Waals surface area contributed by atoms with E-state index in [9.17, 15) is 8.42 Å². The summed E-state index contributed by atoms with van der Waals surface area (Å²) in [6.07, 6.45) is 1.74. The summed E-state index contributed by atoms with van der Waals surface area (Å²) >= 11 is 0. The van der Waals surface area contributed by atoms with Crippen molar-refractivity contribution in [3.63, 3.8) is 0 Å². The van der Waals surface area contributed by atoms with Crippen LogP contribution in [0.1, 0.15) is 23.6 Å². The Balaban J connectivity index is 2.37. The minimum atomic E-state index is -3.60. The van der Waals surface area contributed by atoms with Crippen molar-refractivity contribution >= 4 is 15.8 Å². The molecule has 0 amide bonds. The second kappa shape index (κ2) is 5.28. The van der Waals surface area contributed by atoms with Crippen molar-refractivity contribution in [3.8, 4) is 0 Å². The number of aromatic nitrogens is 2. The van der Waals surface area contributed by atoms with Gasteiger partial charge < -0.3 is 0 Å². The molecule has 5 nitrogen and oxygen atoms in total. The first-order valence-corrected chi connectivity index (χ1v) is 7.96. The Bertz CT molecular complexity index is 733. The molecule has 1 aromatic carbocycles. The first-order chi connectivity index (χ1) is 9.33. The summed E-state index contributed by atoms with van der Waals surface area (Å²) in [5.74, 6) is 0.337. The van der Waals surface area contributed by atoms with Crippen molar-refractivity contribution < 1.29 is 8.42 Å². The molecule has 0 atom stereocenters. The zero-order valence-corrected chi connectivity index (χ0v) is 13.0. The Kier molecular flexibility index (Phi) is 3.85. The lowest BCUT2D eigenvalue weighted by atomic mass is 10.1. The molecule has 1 N–H and O–H groups in total. The third kappa shape index (κ3) is 2.85. The molecule has 0 radical (unpaired) electrons. The second-order valence-electron chi connectivity index (χ2n) is 4.86. The fraction of sp³-hybridized carbons (Fsp3) is 0.357. The summed E-state index contributed by atoms with van der Waals surface area (Å²) in [6, 6.07) is 5.23. The standard InChI is InChI=1S/C14H19N3O2S/c1-5-17-7-6-14(15-17)16-20(18,19)13-9-11(3)10(2)8-12(13)4/h6-9H,5H2,1-4H3,(H,15,16). The van der Waals surface area contributed by atoms with Crippen LogP contribution in [0.3, 0.4) is 0 Å². The van der Waals surface area contributed by atoms with Gasteiger partial charge in [-0.25, -0.2) is 8.42 Å². The highest BCUT2D eigenvalue weighted by atomic mass is 32.2. The smallest absolute Gasteiger partial charge is 0.263 e. The number of nitrogens with one attached hydrogen (secondary N) is 1. The number of benzene rings is 1. The van der Waals surface area contributed by atoms with E-state index in [-0.39, 0.29) is 0 Å². The summed E-state index contributed by atoms with van der Waals surface area (Å²) in [6.45, 7) is 8.31. The van der Waals surface area contributed by atoms with Crippen LogP contribution in [-0.4, -0.2) is 18.2 Å². The van der Waals surface area contributed by atoms with Gasteiger partial charge in [0.05, 0.1) is 4.90 Å². The summed E-state index contributed by atoms with van der Waals surface area (Å²) in [7, 11) is -3.60. The van der Waals surface area contributed by atoms with Gasteiger partial charge in [0.25, 0.3) is 10.0 Å². The lowest BCUT2D eigenvalue weighted by molar-refractivity contribution is 0.599. The zero-order valence-electron chi connectivity index (χ0n) is 12.1. The zero-order chi connectivity index (χ0) is 14.9. The maximum Gasteiger partial charge on any atom is 0.263 e. The molecule has 1 heterocycles. The average molecular weight is 293 g/mol. The number of hydrogen-bond donors (Lipinski definition) is 1. The molecule has 20 heavy (non-hydrogen) atoms. The molecule has 1 aromatic heterocycles. The molecule has 0 fully saturated rings. The predicted molar refractivity (Wildman–Crippen MR) is 79.4 cm³/mol. The van der Waals surface area contributed by atoms with Crippen LogP contribution in [0, 0.1) is 20.8 Å². The van der Waals surface area contributed by atoms with Crippen molar-refractivity contribution in [2.24, 2.45) is 0 Å². The van der Waals surface area contributed by atoms with Crippen LogP contribution in [0.4, 0.5) is 5.82 Å². The molecule has 6 heteroatoms. The van der Waals surface area contributed by atoms with Gasteiger partial charge in [-0.1, -0.05) is 6.07 Å². The van der Waals surface area contributed by atoms with E-state index in [1.165, 1.54) is 0 Å². The maximum atomic E-state index is 12.4. The van der Waals surface area contributed by atoms with Crippen LogP contribution >= 0.6 is 0 Å². The van der Waals surface area contributed by atoms with Crippen LogP contribution in [0.2, 0.25) is 0 Å². The Hall–Kier alpha value is -1.82. The number of rotatable bonds is 4. The summed E-state index contributed by atoms with van der Waals surface area (Å²) in [5, 5.41) is 4.14. The van der Waals surface area contributed by atoms with Gasteiger partial charge in [0, 0.05) is 18.8 Å². The molecule has 0 saturated heterocycles. The van der Waals surface area contributed by atoms with E-state index in [1.807, 2.05) is 26.8 Å². The van der Waals surface area contributed by atoms with Crippen LogP contribution in [0.5, 0.6) is 0 Å². The van der Waals surface area contributed by atoms with E-state index < -0.39 is 10.0 Å². The third-order valence-corrected chi connectivity index (χ3v) is 4.78. The van der Waals surface area contributed by atoms with Crippen LogP contribution in [-0.2, 0) is 16.6 Å². The second-order valence-corrected chi connectivity index (χ2v) is 6.51. The number of aryl methyl sites for hydroxylation is 4. The Morgan fingerprint density at radius 3 is 2.40 bits per heavy atom. The first-order valence-electron chi connectivity index (χ1n) is 6.47. The lowest BCUT2D eigenvalue weighted by Gasteiger charge is -2.11. The van der Waals surface area contributed by atoms with Crippen LogP contribution in [0.25, 0.3) is 0 Å². The molecule has 0 aliphatic heterocycles. The van der Waals surface area contributed by atoms with E-state index in [2.05, 4.69) is 9.82 Å². The fourth-order valence-corrected chi connectivity index (χ4v) is 3.32. The largest absolute Gasteiger partial charge is 0.271 e. The Labute approximate surface area is 119 Å². The van der Waals surface area contributed by atoms with Crippen molar-refractivity contribution in [2.45, 2.75) is 39.1 Å². The molecule has 0 aliphatic rings. The van der Waals surface area contributed by atoms with E-state index in [0.717, 1.165) is 16.7 Å². The van der Waals surface area contributed by atoms with Crippen molar-refractivity contribution in [2.75, 3.05) is 4.72 Å². The highest BCUT2D eigenvalue weighted by Gasteiger charge is 2.19. The quantitative estimate of drug-likeness (QED) is 0.942. The van der Waals surface area contributed by atoms with Gasteiger partial charge in [-0.05, 0) is 50.5 Å². The molecule has 0 aliphatic carbocycles. The highest BCUT2D eigenvalue weighted by Crippen LogP contribution is 2.22. The summed E-state index contributed by atoms with van der Waals surface area (Å²) in [4.78, 5) is 0.298. The number of anilines is 1. The van der Waals surface area contributed by atoms with E-state index >= 15 is 0 Å². The maximum absolute atomic E-state index is 12.4. The molecule has 0 bridgehead atoms. The van der Waals surface area contributed by atoms with Gasteiger partial charge in [0.1, 0.15) is 0 Å². The third-order valence-electron chi connectivity index (χ3n) is 3.28. The van der Waals surface area contributed by atoms with Gasteiger partial charge in [0.15, 0.2) is 5.82 Å². The molecule has 0 spiro atoms. The van der Waals surface area contributed by atoms with Gasteiger partial charge in [0.2, 0.25) is 0 Å². The topological polar surface area (TPSA) is 64.0 Å². The van der Waals surface area contributed by atoms with E-state index in [4.69, 9.17) is 0 Å². The Morgan fingerprint density at radius 2 is 1.80 bits per heavy atom. The monoisotopic (exact) mass is 293 g/mol. The molecule has 0 saturated carbocycles. The summed E-state index contributed by atoms with van der Waals surface area (Å²) < 4.78 is 29.0. The fourth-order valence-electron chi connectivity index (χ4n) is 2.01. The van der Waals surface area contributed by atoms with E-state index in [0.29, 0.717) is 17.3 Å². The molecule has 2 rings (SSSR count). The van der Waals surface area contributed by atoms with Crippen molar-refractivity contribution in [1.82, 2.24) is 9.78 Å². The minimum Gasteiger partial charge on any atom is -0.271 e. The van der Waals surface area contributed by atoms with Crippen molar-refractivity contribution in [1.29, 1.82) is 0 Å².